The van der Waals surface area contributed by atoms with Crippen molar-refractivity contribution in [2.24, 2.45) is 10.6 Å². The van der Waals surface area contributed by atoms with Crippen molar-refractivity contribution in [1.82, 2.24) is 5.32 Å². The lowest BCUT2D eigenvalue weighted by Gasteiger charge is -2.24. The highest BCUT2D eigenvalue weighted by atomic mass is 32.2. The number of sulfonamides is 1. The van der Waals surface area contributed by atoms with Crippen LogP contribution in [0.1, 0.15) is 39.5 Å². The zero-order valence-electron chi connectivity index (χ0n) is 10.9. The van der Waals surface area contributed by atoms with Crippen LogP contribution in [0.5, 0.6) is 0 Å². The Labute approximate surface area is 109 Å². The topological polar surface area (TPSA) is 113 Å². The lowest BCUT2D eigenvalue weighted by Crippen LogP contribution is -2.42. The average molecular weight is 275 g/mol. The number of rotatable bonds is 8. The molecule has 0 bridgehead atoms. The van der Waals surface area contributed by atoms with Crippen LogP contribution in [0.3, 0.4) is 0 Å². The molecule has 0 radical (unpaired) electrons. The molecule has 0 unspecified atom stereocenters. The number of carbonyl (C=O) groups is 1. The molecule has 0 aromatic heterocycles. The SMILES string of the molecule is CCCC(C#N)(CCC)C(=O)NCCS(N)(=O)=O. The van der Waals surface area contributed by atoms with E-state index in [0.717, 1.165) is 12.8 Å². The summed E-state index contributed by atoms with van der Waals surface area (Å²) < 4.78 is 21.5. The van der Waals surface area contributed by atoms with E-state index in [9.17, 15) is 18.5 Å². The Bertz CT molecular complexity index is 406. The van der Waals surface area contributed by atoms with E-state index in [0.29, 0.717) is 12.8 Å². The Morgan fingerprint density at radius 3 is 2.17 bits per heavy atom. The number of nitrogens with zero attached hydrogens (tertiary/aromatic N) is 1. The minimum atomic E-state index is -3.59. The monoisotopic (exact) mass is 275 g/mol. The first-order valence-electron chi connectivity index (χ1n) is 6.01. The number of nitrogens with two attached hydrogens (primary N) is 1. The fraction of sp³-hybridized carbons (Fsp3) is 0.818. The third-order valence-corrected chi connectivity index (χ3v) is 3.45. The fourth-order valence-electron chi connectivity index (χ4n) is 1.84. The highest BCUT2D eigenvalue weighted by molar-refractivity contribution is 7.89. The fourth-order valence-corrected chi connectivity index (χ4v) is 2.23. The molecule has 0 fully saturated rings. The smallest absolute Gasteiger partial charge is 0.240 e. The Kier molecular flexibility index (Phi) is 6.88. The molecule has 0 rings (SSSR count). The second-order valence-electron chi connectivity index (χ2n) is 4.32. The predicted molar refractivity (Wildman–Crippen MR) is 68.8 cm³/mol. The number of primary sulfonamides is 1. The van der Waals surface area contributed by atoms with Crippen molar-refractivity contribution in [3.05, 3.63) is 0 Å². The molecule has 0 heterocycles. The van der Waals surface area contributed by atoms with E-state index >= 15 is 0 Å². The van der Waals surface area contributed by atoms with Gasteiger partial charge in [-0.2, -0.15) is 5.26 Å². The molecule has 0 atom stereocenters. The van der Waals surface area contributed by atoms with Gasteiger partial charge >= 0.3 is 0 Å². The second kappa shape index (κ2) is 7.34. The van der Waals surface area contributed by atoms with Gasteiger partial charge in [0.15, 0.2) is 0 Å². The molecule has 1 amide bonds. The van der Waals surface area contributed by atoms with Crippen LogP contribution in [-0.4, -0.2) is 26.6 Å². The minimum absolute atomic E-state index is 0.0610. The molecule has 0 aromatic carbocycles. The third kappa shape index (κ3) is 5.47. The molecular weight excluding hydrogens is 254 g/mol. The van der Waals surface area contributed by atoms with Crippen molar-refractivity contribution >= 4 is 15.9 Å². The summed E-state index contributed by atoms with van der Waals surface area (Å²) in [6.45, 7) is 3.74. The van der Waals surface area contributed by atoms with Gasteiger partial charge < -0.3 is 5.32 Å². The maximum Gasteiger partial charge on any atom is 0.240 e. The van der Waals surface area contributed by atoms with Crippen molar-refractivity contribution in [2.75, 3.05) is 12.3 Å². The van der Waals surface area contributed by atoms with Gasteiger partial charge in [-0.05, 0) is 12.8 Å². The van der Waals surface area contributed by atoms with E-state index < -0.39 is 21.3 Å². The Balaban J connectivity index is 4.62. The van der Waals surface area contributed by atoms with Gasteiger partial charge in [0.2, 0.25) is 15.9 Å². The number of hydrogen-bond acceptors (Lipinski definition) is 4. The first-order valence-corrected chi connectivity index (χ1v) is 7.73. The predicted octanol–water partition coefficient (Wildman–Crippen LogP) is 0.501. The zero-order valence-corrected chi connectivity index (χ0v) is 11.7. The number of carbonyl (C=O) groups excluding carboxylic acids is 1. The summed E-state index contributed by atoms with van der Waals surface area (Å²) in [5.74, 6) is -0.726. The van der Waals surface area contributed by atoms with E-state index in [1.165, 1.54) is 0 Å². The highest BCUT2D eigenvalue weighted by Gasteiger charge is 2.36. The molecule has 3 N–H and O–H groups in total. The molecule has 7 heteroatoms. The minimum Gasteiger partial charge on any atom is -0.354 e. The van der Waals surface area contributed by atoms with Crippen LogP contribution in [0.2, 0.25) is 0 Å². The van der Waals surface area contributed by atoms with Crippen molar-refractivity contribution in [2.45, 2.75) is 39.5 Å². The number of nitriles is 1. The Morgan fingerprint density at radius 1 is 1.33 bits per heavy atom. The molecule has 6 nitrogen and oxygen atoms in total. The molecule has 0 aliphatic heterocycles. The van der Waals surface area contributed by atoms with Crippen LogP contribution in [-0.2, 0) is 14.8 Å². The lowest BCUT2D eigenvalue weighted by molar-refractivity contribution is -0.128. The summed E-state index contributed by atoms with van der Waals surface area (Å²) in [4.78, 5) is 12.0. The molecule has 18 heavy (non-hydrogen) atoms. The standard InChI is InChI=1S/C11H21N3O3S/c1-3-5-11(9-12,6-4-2)10(15)14-7-8-18(13,16)17/h3-8H2,1-2H3,(H,14,15)(H2,13,16,17). The van der Waals surface area contributed by atoms with Crippen LogP contribution in [0.4, 0.5) is 0 Å². The van der Waals surface area contributed by atoms with Gasteiger partial charge in [0.05, 0.1) is 11.8 Å². The molecule has 0 aliphatic carbocycles. The maximum absolute atomic E-state index is 12.0. The number of amides is 1. The summed E-state index contributed by atoms with van der Waals surface area (Å²) in [5.41, 5.74) is -1.05. The average Bonchev–Trinajstić information content (AvgIpc) is 2.26. The first kappa shape index (κ1) is 16.9. The van der Waals surface area contributed by atoms with E-state index in [1.54, 1.807) is 0 Å². The molecule has 104 valence electrons. The van der Waals surface area contributed by atoms with Gasteiger partial charge in [0.25, 0.3) is 0 Å². The van der Waals surface area contributed by atoms with Gasteiger partial charge in [0, 0.05) is 6.54 Å². The quantitative estimate of drug-likeness (QED) is 0.671. The summed E-state index contributed by atoms with van der Waals surface area (Å²) in [7, 11) is -3.59. The molecule has 0 aliphatic rings. The Morgan fingerprint density at radius 2 is 1.83 bits per heavy atom. The van der Waals surface area contributed by atoms with Gasteiger partial charge in [-0.3, -0.25) is 4.79 Å². The van der Waals surface area contributed by atoms with Crippen LogP contribution in [0.15, 0.2) is 0 Å². The maximum atomic E-state index is 12.0. The third-order valence-electron chi connectivity index (χ3n) is 2.67. The first-order chi connectivity index (χ1) is 8.31. The molecule has 0 saturated carbocycles. The van der Waals surface area contributed by atoms with Crippen LogP contribution < -0.4 is 10.5 Å². The summed E-state index contributed by atoms with van der Waals surface area (Å²) in [5, 5.41) is 16.5. The van der Waals surface area contributed by atoms with Crippen molar-refractivity contribution < 1.29 is 13.2 Å². The number of nitrogens with one attached hydrogen (secondary N) is 1. The molecule has 0 saturated heterocycles. The lowest BCUT2D eigenvalue weighted by atomic mass is 9.80. The van der Waals surface area contributed by atoms with E-state index in [2.05, 4.69) is 11.4 Å². The van der Waals surface area contributed by atoms with Gasteiger partial charge in [-0.15, -0.1) is 0 Å². The van der Waals surface area contributed by atoms with Crippen molar-refractivity contribution in [3.63, 3.8) is 0 Å². The zero-order chi connectivity index (χ0) is 14.2. The number of hydrogen-bond donors (Lipinski definition) is 2. The van der Waals surface area contributed by atoms with Crippen molar-refractivity contribution in [3.8, 4) is 6.07 Å². The van der Waals surface area contributed by atoms with Crippen LogP contribution in [0, 0.1) is 16.7 Å². The normalized spacial score (nSPS) is 11.9. The largest absolute Gasteiger partial charge is 0.354 e. The van der Waals surface area contributed by atoms with Crippen LogP contribution >= 0.6 is 0 Å². The van der Waals surface area contributed by atoms with Crippen molar-refractivity contribution in [1.29, 1.82) is 5.26 Å². The van der Waals surface area contributed by atoms with Gasteiger partial charge in [0.1, 0.15) is 5.41 Å². The summed E-state index contributed by atoms with van der Waals surface area (Å²) in [6.07, 6.45) is 2.38. The summed E-state index contributed by atoms with van der Waals surface area (Å²) in [6, 6.07) is 2.07. The van der Waals surface area contributed by atoms with E-state index in [4.69, 9.17) is 5.14 Å². The van der Waals surface area contributed by atoms with E-state index in [1.807, 2.05) is 13.8 Å². The Hall–Kier alpha value is -1.13. The van der Waals surface area contributed by atoms with Crippen LogP contribution in [0.25, 0.3) is 0 Å². The highest BCUT2D eigenvalue weighted by Crippen LogP contribution is 2.29. The molecule has 0 aromatic rings. The van der Waals surface area contributed by atoms with Gasteiger partial charge in [-0.25, -0.2) is 13.6 Å². The molecule has 0 spiro atoms. The molecular formula is C11H21N3O3S. The second-order valence-corrected chi connectivity index (χ2v) is 6.05. The van der Waals surface area contributed by atoms with Gasteiger partial charge in [-0.1, -0.05) is 26.7 Å². The van der Waals surface area contributed by atoms with E-state index in [-0.39, 0.29) is 12.3 Å². The summed E-state index contributed by atoms with van der Waals surface area (Å²) >= 11 is 0.